The number of fused-ring (bicyclic) bond motifs is 3. The zero-order valence-corrected chi connectivity index (χ0v) is 19.4. The highest BCUT2D eigenvalue weighted by atomic mass is 16.5. The number of hydrogen-bond donors (Lipinski definition) is 1. The molecule has 176 valence electrons. The van der Waals surface area contributed by atoms with Gasteiger partial charge in [-0.05, 0) is 61.4 Å². The summed E-state index contributed by atoms with van der Waals surface area (Å²) in [6, 6.07) is 8.94. The molecule has 7 nitrogen and oxygen atoms in total. The standard InChI is InChI=1S/C26H31NO6/c1-16-4-7-18(8-5-16)25(29)27(10-11-31-2)22-13-20-19-12-17(15-28)6-9-23(19)33-24(20)14-21(22)26(30)32-3/h6,9,12-14,16,18,28H,4-5,7-8,10-11,15H2,1-3H3/t16-,18-. The second-order valence-corrected chi connectivity index (χ2v) is 8.89. The number of aliphatic hydroxyl groups excluding tert-OH is 1. The number of anilines is 1. The molecule has 3 aromatic rings. The quantitative estimate of drug-likeness (QED) is 0.523. The van der Waals surface area contributed by atoms with Gasteiger partial charge in [-0.3, -0.25) is 4.79 Å². The molecule has 0 bridgehead atoms. The van der Waals surface area contributed by atoms with Crippen LogP contribution in [0.15, 0.2) is 34.7 Å². The van der Waals surface area contributed by atoms with Crippen molar-refractivity contribution in [2.75, 3.05) is 32.3 Å². The SMILES string of the molecule is COCCN(c1cc2c(cc1C(=O)OC)oc1ccc(CO)cc12)C(=O)[C@H]1CC[C@H](C)CC1. The van der Waals surface area contributed by atoms with Gasteiger partial charge in [0.15, 0.2) is 0 Å². The smallest absolute Gasteiger partial charge is 0.340 e. The topological polar surface area (TPSA) is 89.2 Å². The fourth-order valence-electron chi connectivity index (χ4n) is 4.71. The van der Waals surface area contributed by atoms with Crippen molar-refractivity contribution in [3.63, 3.8) is 0 Å². The van der Waals surface area contributed by atoms with Crippen LogP contribution in [-0.2, 0) is 20.9 Å². The van der Waals surface area contributed by atoms with Gasteiger partial charge in [-0.1, -0.05) is 13.0 Å². The van der Waals surface area contributed by atoms with E-state index < -0.39 is 5.97 Å². The highest BCUT2D eigenvalue weighted by Crippen LogP contribution is 2.37. The molecule has 1 aromatic heterocycles. The molecule has 0 atom stereocenters. The lowest BCUT2D eigenvalue weighted by atomic mass is 9.82. The van der Waals surface area contributed by atoms with Gasteiger partial charge in [0.2, 0.25) is 5.91 Å². The maximum atomic E-state index is 13.7. The maximum Gasteiger partial charge on any atom is 0.340 e. The van der Waals surface area contributed by atoms with Crippen LogP contribution in [0.25, 0.3) is 21.9 Å². The van der Waals surface area contributed by atoms with Gasteiger partial charge < -0.3 is 23.9 Å². The predicted octanol–water partition coefficient (Wildman–Crippen LogP) is 4.67. The van der Waals surface area contributed by atoms with E-state index in [-0.39, 0.29) is 24.0 Å². The highest BCUT2D eigenvalue weighted by Gasteiger charge is 2.31. The molecule has 1 fully saturated rings. The predicted molar refractivity (Wildman–Crippen MR) is 126 cm³/mol. The Hall–Kier alpha value is -2.90. The number of aliphatic hydroxyl groups is 1. The molecule has 1 heterocycles. The zero-order valence-electron chi connectivity index (χ0n) is 19.4. The van der Waals surface area contributed by atoms with E-state index >= 15 is 0 Å². The summed E-state index contributed by atoms with van der Waals surface area (Å²) < 4.78 is 16.3. The lowest BCUT2D eigenvalue weighted by Crippen LogP contribution is -2.40. The fourth-order valence-corrected chi connectivity index (χ4v) is 4.71. The molecule has 1 N–H and O–H groups in total. The Morgan fingerprint density at radius 3 is 2.45 bits per heavy atom. The Balaban J connectivity index is 1.86. The number of furan rings is 1. The molecule has 1 aliphatic carbocycles. The molecule has 4 rings (SSSR count). The minimum atomic E-state index is -0.532. The Labute approximate surface area is 193 Å². The Morgan fingerprint density at radius 2 is 1.79 bits per heavy atom. The van der Waals surface area contributed by atoms with Crippen molar-refractivity contribution in [1.29, 1.82) is 0 Å². The van der Waals surface area contributed by atoms with E-state index in [1.54, 1.807) is 30.2 Å². The van der Waals surface area contributed by atoms with Crippen molar-refractivity contribution in [3.8, 4) is 0 Å². The summed E-state index contributed by atoms with van der Waals surface area (Å²) in [4.78, 5) is 28.1. The zero-order chi connectivity index (χ0) is 23.5. The first-order valence-corrected chi connectivity index (χ1v) is 11.5. The molecular formula is C26H31NO6. The molecule has 0 spiro atoms. The largest absolute Gasteiger partial charge is 0.465 e. The summed E-state index contributed by atoms with van der Waals surface area (Å²) in [5, 5.41) is 11.2. The molecule has 1 amide bonds. The van der Waals surface area contributed by atoms with Crippen LogP contribution in [0.3, 0.4) is 0 Å². The van der Waals surface area contributed by atoms with Crippen LogP contribution in [0.4, 0.5) is 5.69 Å². The summed E-state index contributed by atoms with van der Waals surface area (Å²) in [5.74, 6) is 0.0194. The lowest BCUT2D eigenvalue weighted by molar-refractivity contribution is -0.123. The summed E-state index contributed by atoms with van der Waals surface area (Å²) >= 11 is 0. The Morgan fingerprint density at radius 1 is 1.06 bits per heavy atom. The molecule has 1 aliphatic rings. The van der Waals surface area contributed by atoms with Gasteiger partial charge in [-0.15, -0.1) is 0 Å². The summed E-state index contributed by atoms with van der Waals surface area (Å²) in [7, 11) is 2.92. The Kier molecular flexibility index (Phi) is 7.00. The average Bonchev–Trinajstić information content (AvgIpc) is 3.20. The summed E-state index contributed by atoms with van der Waals surface area (Å²) in [6.07, 6.45) is 3.73. The van der Waals surface area contributed by atoms with E-state index in [1.165, 1.54) is 7.11 Å². The van der Waals surface area contributed by atoms with Crippen LogP contribution >= 0.6 is 0 Å². The van der Waals surface area contributed by atoms with Crippen molar-refractivity contribution in [2.45, 2.75) is 39.2 Å². The van der Waals surface area contributed by atoms with E-state index in [1.807, 2.05) is 12.1 Å². The van der Waals surface area contributed by atoms with Crippen molar-refractivity contribution in [2.24, 2.45) is 11.8 Å². The molecule has 2 aromatic carbocycles. The molecule has 1 saturated carbocycles. The third kappa shape index (κ3) is 4.61. The normalized spacial score (nSPS) is 18.5. The number of methoxy groups -OCH3 is 2. The minimum Gasteiger partial charge on any atom is -0.465 e. The van der Waals surface area contributed by atoms with E-state index in [2.05, 4.69) is 6.92 Å². The van der Waals surface area contributed by atoms with Crippen LogP contribution in [0.1, 0.15) is 48.5 Å². The number of carbonyl (C=O) groups is 2. The van der Waals surface area contributed by atoms with Crippen molar-refractivity contribution < 1.29 is 28.6 Å². The molecule has 0 radical (unpaired) electrons. The number of nitrogens with zero attached hydrogens (tertiary/aromatic N) is 1. The third-order valence-corrected chi connectivity index (χ3v) is 6.68. The van der Waals surface area contributed by atoms with Crippen LogP contribution in [0.5, 0.6) is 0 Å². The monoisotopic (exact) mass is 453 g/mol. The number of amides is 1. The maximum absolute atomic E-state index is 13.7. The molecule has 33 heavy (non-hydrogen) atoms. The molecular weight excluding hydrogens is 422 g/mol. The number of carbonyl (C=O) groups excluding carboxylic acids is 2. The van der Waals surface area contributed by atoms with Crippen LogP contribution in [0.2, 0.25) is 0 Å². The average molecular weight is 454 g/mol. The molecule has 0 aliphatic heterocycles. The van der Waals surface area contributed by atoms with E-state index in [0.29, 0.717) is 35.9 Å². The van der Waals surface area contributed by atoms with Crippen molar-refractivity contribution in [1.82, 2.24) is 0 Å². The van der Waals surface area contributed by atoms with Gasteiger partial charge in [-0.2, -0.15) is 0 Å². The van der Waals surface area contributed by atoms with Crippen LogP contribution in [-0.4, -0.2) is 44.4 Å². The molecule has 0 unspecified atom stereocenters. The lowest BCUT2D eigenvalue weighted by Gasteiger charge is -2.32. The number of rotatable bonds is 7. The second-order valence-electron chi connectivity index (χ2n) is 8.89. The van der Waals surface area contributed by atoms with Crippen LogP contribution < -0.4 is 4.90 Å². The number of esters is 1. The number of ether oxygens (including phenoxy) is 2. The van der Waals surface area contributed by atoms with Crippen molar-refractivity contribution in [3.05, 3.63) is 41.5 Å². The van der Waals surface area contributed by atoms with Crippen molar-refractivity contribution >= 4 is 39.5 Å². The first-order valence-electron chi connectivity index (χ1n) is 11.5. The molecule has 0 saturated heterocycles. The second kappa shape index (κ2) is 9.93. The highest BCUT2D eigenvalue weighted by molar-refractivity contribution is 6.12. The van der Waals surface area contributed by atoms with E-state index in [0.717, 1.165) is 42.0 Å². The van der Waals surface area contributed by atoms with Crippen LogP contribution in [0, 0.1) is 11.8 Å². The van der Waals surface area contributed by atoms with Gasteiger partial charge >= 0.3 is 5.97 Å². The van der Waals surface area contributed by atoms with Gasteiger partial charge in [-0.25, -0.2) is 4.79 Å². The van der Waals surface area contributed by atoms with Gasteiger partial charge in [0.25, 0.3) is 0 Å². The number of benzene rings is 2. The van der Waals surface area contributed by atoms with Gasteiger partial charge in [0, 0.05) is 30.3 Å². The van der Waals surface area contributed by atoms with Gasteiger partial charge in [0.05, 0.1) is 31.6 Å². The fraction of sp³-hybridized carbons (Fsp3) is 0.462. The summed E-state index contributed by atoms with van der Waals surface area (Å²) in [5.41, 5.74) is 2.70. The first-order chi connectivity index (χ1) is 16.0. The Bertz CT molecular complexity index is 1160. The van der Waals surface area contributed by atoms with E-state index in [4.69, 9.17) is 13.9 Å². The third-order valence-electron chi connectivity index (χ3n) is 6.68. The van der Waals surface area contributed by atoms with E-state index in [9.17, 15) is 14.7 Å². The minimum absolute atomic E-state index is 0.00676. The number of hydrogen-bond acceptors (Lipinski definition) is 6. The first kappa shape index (κ1) is 23.3. The van der Waals surface area contributed by atoms with Gasteiger partial charge in [0.1, 0.15) is 11.2 Å². The summed E-state index contributed by atoms with van der Waals surface area (Å²) in [6.45, 7) is 2.80. The molecule has 7 heteroatoms.